The highest BCUT2D eigenvalue weighted by Crippen LogP contribution is 2.28. The third-order valence-corrected chi connectivity index (χ3v) is 6.09. The lowest BCUT2D eigenvalue weighted by Gasteiger charge is -2.30. The van der Waals surface area contributed by atoms with Crippen LogP contribution in [0.25, 0.3) is 22.9 Å². The molecule has 9 nitrogen and oxygen atoms in total. The zero-order valence-electron chi connectivity index (χ0n) is 18.6. The molecule has 1 aromatic carbocycles. The Morgan fingerprint density at radius 1 is 0.879 bits per heavy atom. The van der Waals surface area contributed by atoms with Gasteiger partial charge in [-0.05, 0) is 62.7 Å². The first-order chi connectivity index (χ1) is 16.3. The molecule has 0 saturated carbocycles. The Bertz CT molecular complexity index is 1120. The zero-order valence-corrected chi connectivity index (χ0v) is 18.6. The fourth-order valence-corrected chi connectivity index (χ4v) is 4.21. The van der Waals surface area contributed by atoms with Crippen LogP contribution in [-0.4, -0.2) is 59.9 Å². The summed E-state index contributed by atoms with van der Waals surface area (Å²) in [6.07, 6.45) is 7.23. The van der Waals surface area contributed by atoms with E-state index < -0.39 is 0 Å². The Hall–Kier alpha value is -3.46. The van der Waals surface area contributed by atoms with Crippen LogP contribution in [0.4, 0.5) is 0 Å². The number of aryl methyl sites for hydroxylation is 1. The van der Waals surface area contributed by atoms with Gasteiger partial charge in [-0.3, -0.25) is 4.98 Å². The zero-order chi connectivity index (χ0) is 22.3. The number of rotatable bonds is 9. The largest absolute Gasteiger partial charge is 0.339 e. The van der Waals surface area contributed by atoms with Crippen LogP contribution in [0.3, 0.4) is 0 Å². The van der Waals surface area contributed by atoms with E-state index in [0.29, 0.717) is 17.6 Å². The molecule has 0 radical (unpaired) electrons. The van der Waals surface area contributed by atoms with Crippen molar-refractivity contribution in [3.63, 3.8) is 0 Å². The van der Waals surface area contributed by atoms with Crippen LogP contribution in [0.1, 0.15) is 43.9 Å². The van der Waals surface area contributed by atoms with Crippen molar-refractivity contribution in [3.05, 3.63) is 60.6 Å². The molecule has 0 aliphatic carbocycles. The van der Waals surface area contributed by atoms with Crippen LogP contribution >= 0.6 is 0 Å². The van der Waals surface area contributed by atoms with E-state index >= 15 is 0 Å². The molecule has 1 aliphatic heterocycles. The molecule has 0 amide bonds. The van der Waals surface area contributed by atoms with Gasteiger partial charge < -0.3 is 9.42 Å². The molecule has 1 saturated heterocycles. The van der Waals surface area contributed by atoms with Crippen molar-refractivity contribution >= 4 is 0 Å². The molecule has 5 rings (SSSR count). The van der Waals surface area contributed by atoms with E-state index in [-0.39, 0.29) is 0 Å². The number of pyridine rings is 1. The van der Waals surface area contributed by atoms with Gasteiger partial charge >= 0.3 is 0 Å². The average Bonchev–Trinajstić information content (AvgIpc) is 3.56. The van der Waals surface area contributed by atoms with Gasteiger partial charge in [-0.15, -0.1) is 10.2 Å². The predicted octanol–water partition coefficient (Wildman–Crippen LogP) is 3.84. The Morgan fingerprint density at radius 3 is 2.52 bits per heavy atom. The predicted molar refractivity (Wildman–Crippen MR) is 123 cm³/mol. The Balaban J connectivity index is 1.00. The lowest BCUT2D eigenvalue weighted by molar-refractivity contribution is 0.191. The summed E-state index contributed by atoms with van der Waals surface area (Å²) in [5.41, 5.74) is 1.75. The maximum atomic E-state index is 5.54. The molecular weight excluding hydrogens is 416 g/mol. The first kappa shape index (κ1) is 21.4. The van der Waals surface area contributed by atoms with E-state index in [1.54, 1.807) is 11.0 Å². The van der Waals surface area contributed by atoms with Crippen molar-refractivity contribution in [1.29, 1.82) is 0 Å². The normalized spacial score (nSPS) is 15.2. The highest BCUT2D eigenvalue weighted by Gasteiger charge is 2.25. The van der Waals surface area contributed by atoms with E-state index in [2.05, 4.69) is 35.4 Å². The molecule has 9 heteroatoms. The lowest BCUT2D eigenvalue weighted by Crippen LogP contribution is -2.33. The number of hydrogen-bond acceptors (Lipinski definition) is 8. The molecule has 4 aromatic rings. The monoisotopic (exact) mass is 444 g/mol. The second-order valence-corrected chi connectivity index (χ2v) is 8.42. The van der Waals surface area contributed by atoms with Crippen molar-refractivity contribution < 1.29 is 4.52 Å². The van der Waals surface area contributed by atoms with Crippen LogP contribution in [0.5, 0.6) is 0 Å². The SMILES string of the molecule is c1ccc(-c2nnn(CCCCCN3CCC(c4nc(-c5ccccn5)no4)CC3)n2)cc1. The van der Waals surface area contributed by atoms with Gasteiger partial charge in [0.2, 0.25) is 17.5 Å². The molecule has 0 spiro atoms. The Labute approximate surface area is 192 Å². The number of benzene rings is 1. The van der Waals surface area contributed by atoms with E-state index in [4.69, 9.17) is 4.52 Å². The number of hydrogen-bond donors (Lipinski definition) is 0. The van der Waals surface area contributed by atoms with Gasteiger partial charge in [-0.25, -0.2) is 0 Å². The fraction of sp³-hybridized carbons (Fsp3) is 0.417. The van der Waals surface area contributed by atoms with Gasteiger partial charge in [0.15, 0.2) is 0 Å². The number of nitrogens with zero attached hydrogens (tertiary/aromatic N) is 8. The van der Waals surface area contributed by atoms with Crippen molar-refractivity contribution in [2.45, 2.75) is 44.6 Å². The molecular formula is C24H28N8O. The molecule has 1 aliphatic rings. The smallest absolute Gasteiger partial charge is 0.230 e. The van der Waals surface area contributed by atoms with Gasteiger partial charge in [0.05, 0.1) is 6.54 Å². The summed E-state index contributed by atoms with van der Waals surface area (Å²) in [4.78, 5) is 13.1. The lowest BCUT2D eigenvalue weighted by atomic mass is 9.96. The van der Waals surface area contributed by atoms with Crippen molar-refractivity contribution in [1.82, 2.24) is 40.2 Å². The molecule has 33 heavy (non-hydrogen) atoms. The third-order valence-electron chi connectivity index (χ3n) is 6.09. The Morgan fingerprint density at radius 2 is 1.70 bits per heavy atom. The van der Waals surface area contributed by atoms with Gasteiger partial charge in [0.25, 0.3) is 0 Å². The number of likely N-dealkylation sites (tertiary alicyclic amines) is 1. The summed E-state index contributed by atoms with van der Waals surface area (Å²) in [7, 11) is 0. The number of aromatic nitrogens is 7. The quantitative estimate of drug-likeness (QED) is 0.359. The second-order valence-electron chi connectivity index (χ2n) is 8.42. The minimum absolute atomic E-state index is 0.336. The number of tetrazole rings is 1. The van der Waals surface area contributed by atoms with E-state index in [1.165, 1.54) is 6.42 Å². The molecule has 4 heterocycles. The second kappa shape index (κ2) is 10.4. The summed E-state index contributed by atoms with van der Waals surface area (Å²) in [6, 6.07) is 15.7. The van der Waals surface area contributed by atoms with Gasteiger partial charge in [-0.1, -0.05) is 48.0 Å². The molecule has 0 bridgehead atoms. The minimum Gasteiger partial charge on any atom is -0.339 e. The summed E-state index contributed by atoms with van der Waals surface area (Å²) in [5, 5.41) is 16.9. The summed E-state index contributed by atoms with van der Waals surface area (Å²) in [6.45, 7) is 4.06. The first-order valence-corrected chi connectivity index (χ1v) is 11.7. The van der Waals surface area contributed by atoms with Crippen LogP contribution in [0.15, 0.2) is 59.3 Å². The molecule has 1 fully saturated rings. The van der Waals surface area contributed by atoms with Crippen LogP contribution in [-0.2, 0) is 6.54 Å². The van der Waals surface area contributed by atoms with Crippen molar-refractivity contribution in [2.75, 3.05) is 19.6 Å². The third kappa shape index (κ3) is 5.48. The van der Waals surface area contributed by atoms with E-state index in [9.17, 15) is 0 Å². The molecule has 3 aromatic heterocycles. The molecule has 170 valence electrons. The summed E-state index contributed by atoms with van der Waals surface area (Å²) >= 11 is 0. The maximum absolute atomic E-state index is 5.54. The number of piperidine rings is 1. The number of unbranched alkanes of at least 4 members (excludes halogenated alkanes) is 2. The molecule has 0 atom stereocenters. The van der Waals surface area contributed by atoms with Crippen LogP contribution in [0.2, 0.25) is 0 Å². The maximum Gasteiger partial charge on any atom is 0.230 e. The van der Waals surface area contributed by atoms with Crippen molar-refractivity contribution in [3.8, 4) is 22.9 Å². The first-order valence-electron chi connectivity index (χ1n) is 11.7. The summed E-state index contributed by atoms with van der Waals surface area (Å²) in [5.74, 6) is 2.34. The van der Waals surface area contributed by atoms with Gasteiger partial charge in [0, 0.05) is 17.7 Å². The minimum atomic E-state index is 0.336. The topological polar surface area (TPSA) is 98.7 Å². The van der Waals surface area contributed by atoms with Crippen molar-refractivity contribution in [2.24, 2.45) is 0 Å². The fourth-order valence-electron chi connectivity index (χ4n) is 4.21. The molecule has 0 unspecified atom stereocenters. The van der Waals surface area contributed by atoms with E-state index in [0.717, 1.165) is 69.0 Å². The van der Waals surface area contributed by atoms with Gasteiger partial charge in [-0.2, -0.15) is 9.78 Å². The highest BCUT2D eigenvalue weighted by atomic mass is 16.5. The summed E-state index contributed by atoms with van der Waals surface area (Å²) < 4.78 is 5.54. The van der Waals surface area contributed by atoms with Gasteiger partial charge in [0.1, 0.15) is 5.69 Å². The van der Waals surface area contributed by atoms with E-state index in [1.807, 2.05) is 48.5 Å². The average molecular weight is 445 g/mol. The van der Waals surface area contributed by atoms with Crippen LogP contribution < -0.4 is 0 Å². The van der Waals surface area contributed by atoms with Crippen LogP contribution in [0, 0.1) is 0 Å². The highest BCUT2D eigenvalue weighted by molar-refractivity contribution is 5.53. The standard InChI is InChI=1S/C24H28N8O/c1-3-9-19(10-4-1)22-27-30-32(28-22)16-8-2-7-15-31-17-12-20(13-18-31)24-26-23(29-33-24)21-11-5-6-14-25-21/h1,3-6,9-11,14,20H,2,7-8,12-13,15-18H2. The molecule has 0 N–H and O–H groups in total. The Kier molecular flexibility index (Phi) is 6.77.